The van der Waals surface area contributed by atoms with Gasteiger partial charge in [-0.15, -0.1) is 0 Å². The molecular weight excluding hydrogens is 537 g/mol. The fraction of sp³-hybridized carbons (Fsp3) is 0.273. The Hall–Kier alpha value is -3.88. The lowest BCUT2D eigenvalue weighted by Crippen LogP contribution is -2.34. The van der Waals surface area contributed by atoms with Gasteiger partial charge in [0.15, 0.2) is 0 Å². The van der Waals surface area contributed by atoms with Crippen molar-refractivity contribution < 1.29 is 17.6 Å². The van der Waals surface area contributed by atoms with Crippen molar-refractivity contribution in [3.05, 3.63) is 125 Å². The molecule has 41 heavy (non-hydrogen) atoms. The van der Waals surface area contributed by atoms with E-state index < -0.39 is 21.9 Å². The van der Waals surface area contributed by atoms with E-state index in [1.54, 1.807) is 4.90 Å². The highest BCUT2D eigenvalue weighted by molar-refractivity contribution is 7.89. The van der Waals surface area contributed by atoms with Gasteiger partial charge in [-0.1, -0.05) is 54.6 Å². The first kappa shape index (κ1) is 27.3. The van der Waals surface area contributed by atoms with E-state index in [0.29, 0.717) is 18.7 Å². The van der Waals surface area contributed by atoms with Gasteiger partial charge in [-0.3, -0.25) is 9.78 Å². The second-order valence-electron chi connectivity index (χ2n) is 10.9. The number of nitrogens with zero attached hydrogens (tertiary/aromatic N) is 2. The van der Waals surface area contributed by atoms with Crippen LogP contribution >= 0.6 is 0 Å². The highest BCUT2D eigenvalue weighted by atomic mass is 32.2. The summed E-state index contributed by atoms with van der Waals surface area (Å²) in [4.78, 5) is 20.1. The molecule has 1 N–H and O–H groups in total. The maximum Gasteiger partial charge on any atom is 0.244 e. The Balaban J connectivity index is 1.33. The number of sulfonamides is 1. The number of aryl methyl sites for hydroxylation is 2. The smallest absolute Gasteiger partial charge is 0.244 e. The molecule has 1 saturated carbocycles. The maximum absolute atomic E-state index is 14.4. The summed E-state index contributed by atoms with van der Waals surface area (Å²) in [7, 11) is -4.09. The number of halogens is 1. The fourth-order valence-corrected chi connectivity index (χ4v) is 7.20. The molecule has 4 aromatic rings. The van der Waals surface area contributed by atoms with E-state index in [4.69, 9.17) is 0 Å². The summed E-state index contributed by atoms with van der Waals surface area (Å²) in [6.45, 7) is 2.23. The van der Waals surface area contributed by atoms with Crippen LogP contribution in [-0.4, -0.2) is 19.3 Å². The number of rotatable bonds is 8. The SMILES string of the molecule is Cc1cccc(CN(C(=O)C2CC2c2ccccc2)c2ccc3c(c2)C(NS(=O)(=O)c2ccccc2F)CCC3)n1. The Morgan fingerprint density at radius 2 is 1.78 bits per heavy atom. The van der Waals surface area contributed by atoms with Crippen molar-refractivity contribution in [3.63, 3.8) is 0 Å². The summed E-state index contributed by atoms with van der Waals surface area (Å²) in [5.74, 6) is -0.714. The number of hydrogen-bond acceptors (Lipinski definition) is 4. The molecule has 6 nitrogen and oxygen atoms in total. The number of nitrogens with one attached hydrogen (secondary N) is 1. The lowest BCUT2D eigenvalue weighted by Gasteiger charge is -2.29. The van der Waals surface area contributed by atoms with E-state index in [1.165, 1.54) is 18.2 Å². The number of carbonyl (C=O) groups is 1. The van der Waals surface area contributed by atoms with Crippen LogP contribution in [0.4, 0.5) is 10.1 Å². The van der Waals surface area contributed by atoms with Gasteiger partial charge in [-0.05, 0) is 91.6 Å². The molecule has 0 bridgehead atoms. The quantitative estimate of drug-likeness (QED) is 0.273. The average molecular weight is 570 g/mol. The topological polar surface area (TPSA) is 79.4 Å². The van der Waals surface area contributed by atoms with Crippen LogP contribution in [0.25, 0.3) is 0 Å². The fourth-order valence-electron chi connectivity index (χ4n) is 5.87. The van der Waals surface area contributed by atoms with Crippen LogP contribution in [0.5, 0.6) is 0 Å². The molecule has 3 unspecified atom stereocenters. The maximum atomic E-state index is 14.4. The van der Waals surface area contributed by atoms with Gasteiger partial charge in [0.05, 0.1) is 12.2 Å². The largest absolute Gasteiger partial charge is 0.306 e. The third-order valence-corrected chi connectivity index (χ3v) is 9.55. The predicted molar refractivity (Wildman–Crippen MR) is 156 cm³/mol. The van der Waals surface area contributed by atoms with Crippen LogP contribution in [0, 0.1) is 18.7 Å². The van der Waals surface area contributed by atoms with Crippen molar-refractivity contribution in [2.45, 2.75) is 56.0 Å². The molecule has 0 spiro atoms. The first-order valence-electron chi connectivity index (χ1n) is 14.0. The number of anilines is 1. The molecule has 2 aliphatic carbocycles. The predicted octanol–water partition coefficient (Wildman–Crippen LogP) is 6.22. The number of fused-ring (bicyclic) bond motifs is 1. The molecule has 2 aliphatic rings. The molecular formula is C33H32FN3O3S. The zero-order valence-electron chi connectivity index (χ0n) is 22.8. The molecule has 1 aromatic heterocycles. The van der Waals surface area contributed by atoms with Crippen molar-refractivity contribution in [2.75, 3.05) is 4.90 Å². The van der Waals surface area contributed by atoms with Gasteiger partial charge in [0.2, 0.25) is 15.9 Å². The number of carbonyl (C=O) groups excluding carboxylic acids is 1. The summed E-state index contributed by atoms with van der Waals surface area (Å²) in [6, 6.07) is 26.6. The summed E-state index contributed by atoms with van der Waals surface area (Å²) >= 11 is 0. The lowest BCUT2D eigenvalue weighted by atomic mass is 9.87. The first-order chi connectivity index (χ1) is 19.8. The van der Waals surface area contributed by atoms with Crippen LogP contribution in [0.3, 0.4) is 0 Å². The third kappa shape index (κ3) is 5.80. The minimum atomic E-state index is -4.09. The Morgan fingerprint density at radius 3 is 2.56 bits per heavy atom. The van der Waals surface area contributed by atoms with Gasteiger partial charge < -0.3 is 4.90 Å². The molecule has 8 heteroatoms. The molecule has 0 saturated heterocycles. The minimum absolute atomic E-state index is 0.0291. The van der Waals surface area contributed by atoms with Crippen LogP contribution < -0.4 is 9.62 Å². The van der Waals surface area contributed by atoms with Crippen LogP contribution in [0.2, 0.25) is 0 Å². The molecule has 3 atom stereocenters. The summed E-state index contributed by atoms with van der Waals surface area (Å²) in [6.07, 6.45) is 2.97. The summed E-state index contributed by atoms with van der Waals surface area (Å²) in [5.41, 5.74) is 5.36. The van der Waals surface area contributed by atoms with E-state index >= 15 is 0 Å². The molecule has 210 valence electrons. The van der Waals surface area contributed by atoms with Crippen molar-refractivity contribution >= 4 is 21.6 Å². The van der Waals surface area contributed by atoms with Crippen molar-refractivity contribution in [1.82, 2.24) is 9.71 Å². The van der Waals surface area contributed by atoms with E-state index in [2.05, 4.69) is 21.8 Å². The summed E-state index contributed by atoms with van der Waals surface area (Å²) < 4.78 is 43.5. The van der Waals surface area contributed by atoms with E-state index in [1.807, 2.05) is 61.5 Å². The van der Waals surface area contributed by atoms with Crippen LogP contribution in [0.1, 0.15) is 59.3 Å². The Bertz CT molecular complexity index is 1690. The van der Waals surface area contributed by atoms with E-state index in [0.717, 1.165) is 53.4 Å². The summed E-state index contributed by atoms with van der Waals surface area (Å²) in [5, 5.41) is 0. The zero-order valence-corrected chi connectivity index (χ0v) is 23.6. The highest BCUT2D eigenvalue weighted by Crippen LogP contribution is 2.49. The van der Waals surface area contributed by atoms with Crippen molar-refractivity contribution in [2.24, 2.45) is 5.92 Å². The molecule has 0 radical (unpaired) electrons. The standard InChI is InChI=1S/C33H32FN3O3S/c1-22-9-7-13-25(35-22)21-37(33(38)29-20-27(29)23-10-3-2-4-11-23)26-18-17-24-12-8-15-31(28(24)19-26)36-41(39,40)32-16-6-5-14-30(32)34/h2-7,9-11,13-14,16-19,27,29,31,36H,8,12,15,20-21H2,1H3. The molecule has 0 aliphatic heterocycles. The number of benzene rings is 3. The molecule has 3 aromatic carbocycles. The number of pyridine rings is 1. The van der Waals surface area contributed by atoms with Crippen molar-refractivity contribution in [1.29, 1.82) is 0 Å². The minimum Gasteiger partial charge on any atom is -0.306 e. The molecule has 1 heterocycles. The number of amides is 1. The van der Waals surface area contributed by atoms with Crippen molar-refractivity contribution in [3.8, 4) is 0 Å². The molecule has 1 amide bonds. The highest BCUT2D eigenvalue weighted by Gasteiger charge is 2.46. The monoisotopic (exact) mass is 569 g/mol. The van der Waals surface area contributed by atoms with Gasteiger partial charge in [0, 0.05) is 23.3 Å². The van der Waals surface area contributed by atoms with Gasteiger partial charge in [-0.2, -0.15) is 0 Å². The average Bonchev–Trinajstić information content (AvgIpc) is 3.77. The van der Waals surface area contributed by atoms with Gasteiger partial charge in [-0.25, -0.2) is 17.5 Å². The molecule has 6 rings (SSSR count). The van der Waals surface area contributed by atoms with E-state index in [-0.39, 0.29) is 22.6 Å². The zero-order chi connectivity index (χ0) is 28.6. The van der Waals surface area contributed by atoms with Gasteiger partial charge >= 0.3 is 0 Å². The number of hydrogen-bond donors (Lipinski definition) is 1. The molecule has 1 fully saturated rings. The number of aromatic nitrogens is 1. The lowest BCUT2D eigenvalue weighted by molar-refractivity contribution is -0.120. The Kier molecular flexibility index (Phi) is 7.45. The Labute approximate surface area is 240 Å². The van der Waals surface area contributed by atoms with Crippen LogP contribution in [0.15, 0.2) is 95.9 Å². The second kappa shape index (κ2) is 11.2. The second-order valence-corrected chi connectivity index (χ2v) is 12.6. The van der Waals surface area contributed by atoms with Crippen LogP contribution in [-0.2, 0) is 27.8 Å². The Morgan fingerprint density at radius 1 is 1.00 bits per heavy atom. The third-order valence-electron chi connectivity index (χ3n) is 8.05. The van der Waals surface area contributed by atoms with E-state index in [9.17, 15) is 17.6 Å². The normalized spacial score (nSPS) is 19.8. The van der Waals surface area contributed by atoms with Gasteiger partial charge in [0.25, 0.3) is 0 Å². The first-order valence-corrected chi connectivity index (χ1v) is 15.5. The van der Waals surface area contributed by atoms with Gasteiger partial charge in [0.1, 0.15) is 10.7 Å².